The van der Waals surface area contributed by atoms with Gasteiger partial charge in [-0.25, -0.2) is 9.59 Å². The fraction of sp³-hybridized carbons (Fsp3) is 0.286. The Bertz CT molecular complexity index is 581. The maximum Gasteiger partial charge on any atom is 0.337 e. The number of amides is 2. The minimum absolute atomic E-state index is 0.247. The lowest BCUT2D eigenvalue weighted by atomic mass is 9.95. The van der Waals surface area contributed by atoms with Gasteiger partial charge in [0.1, 0.15) is 0 Å². The van der Waals surface area contributed by atoms with Gasteiger partial charge in [-0.1, -0.05) is 28.1 Å². The first kappa shape index (κ1) is 14.6. The van der Waals surface area contributed by atoms with Crippen LogP contribution >= 0.6 is 15.9 Å². The van der Waals surface area contributed by atoms with E-state index >= 15 is 0 Å². The van der Waals surface area contributed by atoms with Crippen molar-refractivity contribution < 1.29 is 14.3 Å². The van der Waals surface area contributed by atoms with Gasteiger partial charge in [-0.15, -0.1) is 0 Å². The first-order valence-electron chi connectivity index (χ1n) is 6.04. The fourth-order valence-corrected chi connectivity index (χ4v) is 2.38. The summed E-state index contributed by atoms with van der Waals surface area (Å²) in [5, 5.41) is 2.81. The summed E-state index contributed by atoms with van der Waals surface area (Å²) in [6, 6.07) is 6.70. The Hall–Kier alpha value is -1.82. The standard InChI is InChI=1S/C14H15BrN2O3/c1-8-11(13(18)20-3)12(16-14(19)17(8)2)9-4-6-10(15)7-5-9/h4-7,12H,1-3H3,(H,16,19)/t12-/m1/s1. The lowest BCUT2D eigenvalue weighted by molar-refractivity contribution is -0.136. The van der Waals surface area contributed by atoms with Crippen LogP contribution in [0.2, 0.25) is 0 Å². The van der Waals surface area contributed by atoms with E-state index in [2.05, 4.69) is 21.2 Å². The molecule has 0 saturated heterocycles. The Labute approximate surface area is 125 Å². The molecule has 1 atom stereocenters. The SMILES string of the molecule is COC(=O)C1=C(C)N(C)C(=O)N[C@@H]1c1ccc(Br)cc1. The van der Waals surface area contributed by atoms with Gasteiger partial charge in [0.05, 0.1) is 18.7 Å². The highest BCUT2D eigenvalue weighted by Gasteiger charge is 2.34. The predicted molar refractivity (Wildman–Crippen MR) is 77.9 cm³/mol. The molecule has 5 nitrogen and oxygen atoms in total. The van der Waals surface area contributed by atoms with E-state index in [4.69, 9.17) is 4.74 Å². The number of carbonyl (C=O) groups excluding carboxylic acids is 2. The van der Waals surface area contributed by atoms with E-state index in [0.717, 1.165) is 10.0 Å². The number of urea groups is 1. The molecule has 0 bridgehead atoms. The third kappa shape index (κ3) is 2.56. The van der Waals surface area contributed by atoms with Crippen molar-refractivity contribution in [3.05, 3.63) is 45.6 Å². The summed E-state index contributed by atoms with van der Waals surface area (Å²) in [4.78, 5) is 25.3. The molecule has 1 aromatic rings. The van der Waals surface area contributed by atoms with Gasteiger partial charge in [0.25, 0.3) is 0 Å². The van der Waals surface area contributed by atoms with E-state index < -0.39 is 12.0 Å². The molecule has 1 N–H and O–H groups in total. The van der Waals surface area contributed by atoms with Gasteiger partial charge < -0.3 is 15.0 Å². The first-order chi connectivity index (χ1) is 9.45. The van der Waals surface area contributed by atoms with Crippen LogP contribution in [-0.2, 0) is 9.53 Å². The summed E-state index contributed by atoms with van der Waals surface area (Å²) >= 11 is 3.36. The molecule has 2 amide bonds. The van der Waals surface area contributed by atoms with Crippen LogP contribution in [0.1, 0.15) is 18.5 Å². The number of hydrogen-bond donors (Lipinski definition) is 1. The molecule has 0 spiro atoms. The molecule has 0 saturated carbocycles. The molecule has 1 heterocycles. The number of nitrogens with one attached hydrogen (secondary N) is 1. The van der Waals surface area contributed by atoms with Crippen LogP contribution in [0.25, 0.3) is 0 Å². The highest BCUT2D eigenvalue weighted by Crippen LogP contribution is 2.30. The van der Waals surface area contributed by atoms with Gasteiger partial charge in [-0.05, 0) is 24.6 Å². The van der Waals surface area contributed by atoms with E-state index in [1.54, 1.807) is 14.0 Å². The summed E-state index contributed by atoms with van der Waals surface area (Å²) in [7, 11) is 2.95. The second-order valence-electron chi connectivity index (χ2n) is 4.48. The molecule has 6 heteroatoms. The van der Waals surface area contributed by atoms with Crippen molar-refractivity contribution in [2.75, 3.05) is 14.2 Å². The number of hydrogen-bond acceptors (Lipinski definition) is 3. The van der Waals surface area contributed by atoms with Gasteiger partial charge in [0, 0.05) is 17.2 Å². The number of rotatable bonds is 2. The van der Waals surface area contributed by atoms with Crippen molar-refractivity contribution in [2.45, 2.75) is 13.0 Å². The Balaban J connectivity index is 2.51. The maximum absolute atomic E-state index is 12.0. The summed E-state index contributed by atoms with van der Waals surface area (Å²) in [5.74, 6) is -0.442. The van der Waals surface area contributed by atoms with Gasteiger partial charge >= 0.3 is 12.0 Å². The van der Waals surface area contributed by atoms with Crippen molar-refractivity contribution in [1.29, 1.82) is 0 Å². The zero-order chi connectivity index (χ0) is 14.9. The average Bonchev–Trinajstić information content (AvgIpc) is 2.44. The smallest absolute Gasteiger partial charge is 0.337 e. The molecular formula is C14H15BrN2O3. The van der Waals surface area contributed by atoms with E-state index in [1.807, 2.05) is 24.3 Å². The van der Waals surface area contributed by atoms with Crippen LogP contribution in [0.4, 0.5) is 4.79 Å². The fourth-order valence-electron chi connectivity index (χ4n) is 2.12. The molecular weight excluding hydrogens is 324 g/mol. The number of methoxy groups -OCH3 is 1. The second-order valence-corrected chi connectivity index (χ2v) is 5.40. The molecule has 0 fully saturated rings. The Morgan fingerprint density at radius 1 is 1.35 bits per heavy atom. The van der Waals surface area contributed by atoms with Crippen molar-refractivity contribution in [1.82, 2.24) is 10.2 Å². The lowest BCUT2D eigenvalue weighted by Crippen LogP contribution is -2.46. The van der Waals surface area contributed by atoms with Crippen LogP contribution in [-0.4, -0.2) is 31.1 Å². The second kappa shape index (κ2) is 5.66. The zero-order valence-electron chi connectivity index (χ0n) is 11.4. The number of halogens is 1. The number of allylic oxidation sites excluding steroid dienone is 1. The van der Waals surface area contributed by atoms with Crippen molar-refractivity contribution in [2.24, 2.45) is 0 Å². The van der Waals surface area contributed by atoms with Gasteiger partial charge in [-0.3, -0.25) is 0 Å². The van der Waals surface area contributed by atoms with E-state index in [9.17, 15) is 9.59 Å². The molecule has 0 aliphatic carbocycles. The van der Waals surface area contributed by atoms with Crippen LogP contribution in [0.15, 0.2) is 40.0 Å². The maximum atomic E-state index is 12.0. The largest absolute Gasteiger partial charge is 0.466 e. The number of carbonyl (C=O) groups is 2. The molecule has 20 heavy (non-hydrogen) atoms. The lowest BCUT2D eigenvalue weighted by Gasteiger charge is -2.33. The van der Waals surface area contributed by atoms with Crippen molar-refractivity contribution >= 4 is 27.9 Å². The number of esters is 1. The zero-order valence-corrected chi connectivity index (χ0v) is 13.0. The summed E-state index contributed by atoms with van der Waals surface area (Å²) in [6.07, 6.45) is 0. The summed E-state index contributed by atoms with van der Waals surface area (Å²) in [6.45, 7) is 1.73. The molecule has 106 valence electrons. The highest BCUT2D eigenvalue weighted by molar-refractivity contribution is 9.10. The summed E-state index contributed by atoms with van der Waals surface area (Å²) < 4.78 is 5.77. The Kier molecular flexibility index (Phi) is 4.13. The minimum Gasteiger partial charge on any atom is -0.466 e. The van der Waals surface area contributed by atoms with Gasteiger partial charge in [-0.2, -0.15) is 0 Å². The molecule has 0 aromatic heterocycles. The van der Waals surface area contributed by atoms with Crippen LogP contribution in [0, 0.1) is 0 Å². The Morgan fingerprint density at radius 3 is 2.50 bits per heavy atom. The molecule has 1 aliphatic rings. The molecule has 1 aliphatic heterocycles. The number of nitrogens with zero attached hydrogens (tertiary/aromatic N) is 1. The van der Waals surface area contributed by atoms with Crippen LogP contribution < -0.4 is 5.32 Å². The summed E-state index contributed by atoms with van der Waals surface area (Å²) in [5.41, 5.74) is 1.86. The number of ether oxygens (including phenoxy) is 1. The van der Waals surface area contributed by atoms with Gasteiger partial charge in [0.15, 0.2) is 0 Å². The molecule has 0 radical (unpaired) electrons. The third-order valence-electron chi connectivity index (χ3n) is 3.36. The highest BCUT2D eigenvalue weighted by atomic mass is 79.9. The quantitative estimate of drug-likeness (QED) is 0.843. The molecule has 0 unspecified atom stereocenters. The van der Waals surface area contributed by atoms with E-state index in [1.165, 1.54) is 12.0 Å². The molecule has 1 aromatic carbocycles. The van der Waals surface area contributed by atoms with Crippen LogP contribution in [0.5, 0.6) is 0 Å². The third-order valence-corrected chi connectivity index (χ3v) is 3.89. The van der Waals surface area contributed by atoms with E-state index in [0.29, 0.717) is 11.3 Å². The first-order valence-corrected chi connectivity index (χ1v) is 6.83. The van der Waals surface area contributed by atoms with Gasteiger partial charge in [0.2, 0.25) is 0 Å². The minimum atomic E-state index is -0.501. The van der Waals surface area contributed by atoms with Crippen molar-refractivity contribution in [3.8, 4) is 0 Å². The van der Waals surface area contributed by atoms with Crippen LogP contribution in [0.3, 0.4) is 0 Å². The number of benzene rings is 1. The topological polar surface area (TPSA) is 58.6 Å². The van der Waals surface area contributed by atoms with Crippen molar-refractivity contribution in [3.63, 3.8) is 0 Å². The normalized spacial score (nSPS) is 18.9. The average molecular weight is 339 g/mol. The molecule has 2 rings (SSSR count). The Morgan fingerprint density at radius 2 is 1.95 bits per heavy atom. The predicted octanol–water partition coefficient (Wildman–Crippen LogP) is 2.59. The van der Waals surface area contributed by atoms with E-state index in [-0.39, 0.29) is 6.03 Å². The monoisotopic (exact) mass is 338 g/mol.